The van der Waals surface area contributed by atoms with E-state index in [0.29, 0.717) is 11.8 Å². The summed E-state index contributed by atoms with van der Waals surface area (Å²) >= 11 is 3.49. The predicted molar refractivity (Wildman–Crippen MR) is 67.7 cm³/mol. The highest BCUT2D eigenvalue weighted by molar-refractivity contribution is 9.10. The van der Waals surface area contributed by atoms with Crippen molar-refractivity contribution in [1.29, 1.82) is 0 Å². The first-order valence-electron chi connectivity index (χ1n) is 5.64. The summed E-state index contributed by atoms with van der Waals surface area (Å²) in [4.78, 5) is 4.48. The molecule has 0 saturated carbocycles. The summed E-state index contributed by atoms with van der Waals surface area (Å²) in [5.74, 6) is 1.77. The van der Waals surface area contributed by atoms with Crippen LogP contribution in [0.5, 0.6) is 0 Å². The highest BCUT2D eigenvalue weighted by atomic mass is 79.9. The van der Waals surface area contributed by atoms with Gasteiger partial charge in [-0.3, -0.25) is 0 Å². The highest BCUT2D eigenvalue weighted by Crippen LogP contribution is 2.28. The molecule has 1 saturated heterocycles. The lowest BCUT2D eigenvalue weighted by Gasteiger charge is -1.99. The van der Waals surface area contributed by atoms with Gasteiger partial charge in [-0.2, -0.15) is 4.98 Å². The van der Waals surface area contributed by atoms with Gasteiger partial charge in [0.1, 0.15) is 0 Å². The summed E-state index contributed by atoms with van der Waals surface area (Å²) in [7, 11) is 0. The number of hydrogen-bond acceptors (Lipinski definition) is 4. The Labute approximate surface area is 108 Å². The summed E-state index contributed by atoms with van der Waals surface area (Å²) in [5, 5.41) is 7.37. The maximum Gasteiger partial charge on any atom is 0.259 e. The van der Waals surface area contributed by atoms with Crippen LogP contribution in [0.25, 0.3) is 11.5 Å². The molecule has 0 bridgehead atoms. The third-order valence-corrected chi connectivity index (χ3v) is 3.66. The van der Waals surface area contributed by atoms with E-state index in [-0.39, 0.29) is 0 Å². The Bertz CT molecular complexity index is 520. The van der Waals surface area contributed by atoms with Crippen LogP contribution in [0.3, 0.4) is 0 Å². The molecule has 0 radical (unpaired) electrons. The molecule has 17 heavy (non-hydrogen) atoms. The van der Waals surface area contributed by atoms with Crippen molar-refractivity contribution in [1.82, 2.24) is 15.5 Å². The molecule has 0 spiro atoms. The lowest BCUT2D eigenvalue weighted by molar-refractivity contribution is 0.417. The zero-order valence-corrected chi connectivity index (χ0v) is 10.8. The van der Waals surface area contributed by atoms with Crippen molar-refractivity contribution >= 4 is 15.9 Å². The van der Waals surface area contributed by atoms with E-state index in [1.165, 1.54) is 0 Å². The predicted octanol–water partition coefficient (Wildman–Crippen LogP) is 2.58. The van der Waals surface area contributed by atoms with Crippen LogP contribution in [0.1, 0.15) is 18.2 Å². The molecule has 1 unspecified atom stereocenters. The molecule has 2 heterocycles. The molecule has 0 aliphatic carbocycles. The Morgan fingerprint density at radius 3 is 3.00 bits per heavy atom. The van der Waals surface area contributed by atoms with Crippen molar-refractivity contribution in [2.45, 2.75) is 12.3 Å². The van der Waals surface area contributed by atoms with Gasteiger partial charge in [-0.15, -0.1) is 0 Å². The van der Waals surface area contributed by atoms with E-state index in [2.05, 4.69) is 31.4 Å². The second-order valence-electron chi connectivity index (χ2n) is 4.13. The molecule has 1 aliphatic rings. The van der Waals surface area contributed by atoms with Gasteiger partial charge in [-0.05, 0) is 41.0 Å². The molecule has 2 aromatic rings. The van der Waals surface area contributed by atoms with E-state index < -0.39 is 0 Å². The van der Waals surface area contributed by atoms with Crippen LogP contribution >= 0.6 is 15.9 Å². The second-order valence-corrected chi connectivity index (χ2v) is 4.98. The summed E-state index contributed by atoms with van der Waals surface area (Å²) in [5.41, 5.74) is 0.942. The summed E-state index contributed by atoms with van der Waals surface area (Å²) < 4.78 is 6.30. The molecule has 1 aromatic heterocycles. The number of hydrogen-bond donors (Lipinski definition) is 1. The van der Waals surface area contributed by atoms with Crippen molar-refractivity contribution in [2.24, 2.45) is 0 Å². The Morgan fingerprint density at radius 1 is 1.35 bits per heavy atom. The van der Waals surface area contributed by atoms with Crippen LogP contribution in [0.15, 0.2) is 33.3 Å². The maximum absolute atomic E-state index is 5.33. The van der Waals surface area contributed by atoms with Crippen LogP contribution in [0, 0.1) is 0 Å². The van der Waals surface area contributed by atoms with Crippen molar-refractivity contribution in [3.8, 4) is 11.5 Å². The Hall–Kier alpha value is -1.20. The van der Waals surface area contributed by atoms with Crippen molar-refractivity contribution in [3.63, 3.8) is 0 Å². The first-order valence-corrected chi connectivity index (χ1v) is 6.43. The zero-order valence-electron chi connectivity index (χ0n) is 9.19. The van der Waals surface area contributed by atoms with Gasteiger partial charge in [0.05, 0.1) is 5.56 Å². The Balaban J connectivity index is 1.92. The lowest BCUT2D eigenvalue weighted by atomic mass is 10.1. The third-order valence-electron chi connectivity index (χ3n) is 2.97. The first-order chi connectivity index (χ1) is 8.34. The van der Waals surface area contributed by atoms with Crippen molar-refractivity contribution < 1.29 is 4.52 Å². The quantitative estimate of drug-likeness (QED) is 0.925. The molecule has 1 aromatic carbocycles. The molecule has 1 fully saturated rings. The number of nitrogens with one attached hydrogen (secondary N) is 1. The molecule has 1 aliphatic heterocycles. The van der Waals surface area contributed by atoms with Gasteiger partial charge in [0, 0.05) is 16.9 Å². The number of halogens is 1. The SMILES string of the molecule is Brc1ccccc1-c1nc(C2CCNC2)no1. The van der Waals surface area contributed by atoms with Crippen molar-refractivity contribution in [3.05, 3.63) is 34.6 Å². The fraction of sp³-hybridized carbons (Fsp3) is 0.333. The first kappa shape index (κ1) is 10.9. The normalized spacial score (nSPS) is 19.7. The molecular formula is C12H12BrN3O. The van der Waals surface area contributed by atoms with Gasteiger partial charge in [0.25, 0.3) is 5.89 Å². The van der Waals surface area contributed by atoms with Gasteiger partial charge < -0.3 is 9.84 Å². The summed E-state index contributed by atoms with van der Waals surface area (Å²) in [6.45, 7) is 1.97. The minimum Gasteiger partial charge on any atom is -0.334 e. The minimum atomic E-state index is 0.384. The average Bonchev–Trinajstić information content (AvgIpc) is 3.00. The van der Waals surface area contributed by atoms with Gasteiger partial charge in [0.2, 0.25) is 0 Å². The minimum absolute atomic E-state index is 0.384. The monoisotopic (exact) mass is 293 g/mol. The van der Waals surface area contributed by atoms with E-state index in [9.17, 15) is 0 Å². The maximum atomic E-state index is 5.33. The van der Waals surface area contributed by atoms with Crippen LogP contribution in [-0.4, -0.2) is 23.2 Å². The van der Waals surface area contributed by atoms with E-state index >= 15 is 0 Å². The Kier molecular flexibility index (Phi) is 2.94. The molecule has 88 valence electrons. The van der Waals surface area contributed by atoms with E-state index in [1.807, 2.05) is 24.3 Å². The van der Waals surface area contributed by atoms with Gasteiger partial charge >= 0.3 is 0 Å². The van der Waals surface area contributed by atoms with Crippen LogP contribution < -0.4 is 5.32 Å². The van der Waals surface area contributed by atoms with E-state index in [4.69, 9.17) is 4.52 Å². The summed E-state index contributed by atoms with van der Waals surface area (Å²) in [6.07, 6.45) is 1.08. The lowest BCUT2D eigenvalue weighted by Crippen LogP contribution is -2.08. The standard InChI is InChI=1S/C12H12BrN3O/c13-10-4-2-1-3-9(10)12-15-11(16-17-12)8-5-6-14-7-8/h1-4,8,14H,5-7H2. The molecule has 4 nitrogen and oxygen atoms in total. The van der Waals surface area contributed by atoms with Gasteiger partial charge in [-0.1, -0.05) is 17.3 Å². The fourth-order valence-electron chi connectivity index (χ4n) is 2.02. The van der Waals surface area contributed by atoms with Crippen LogP contribution in [0.4, 0.5) is 0 Å². The smallest absolute Gasteiger partial charge is 0.259 e. The number of aromatic nitrogens is 2. The zero-order chi connectivity index (χ0) is 11.7. The second kappa shape index (κ2) is 4.58. The number of nitrogens with zero attached hydrogens (tertiary/aromatic N) is 2. The third kappa shape index (κ3) is 2.12. The molecule has 0 amide bonds. The Morgan fingerprint density at radius 2 is 2.24 bits per heavy atom. The van der Waals surface area contributed by atoms with Crippen LogP contribution in [0.2, 0.25) is 0 Å². The topological polar surface area (TPSA) is 51.0 Å². The molecule has 1 N–H and O–H groups in total. The van der Waals surface area contributed by atoms with Gasteiger partial charge in [0.15, 0.2) is 5.82 Å². The van der Waals surface area contributed by atoms with E-state index in [1.54, 1.807) is 0 Å². The molecule has 5 heteroatoms. The number of benzene rings is 1. The summed E-state index contributed by atoms with van der Waals surface area (Å²) in [6, 6.07) is 7.86. The van der Waals surface area contributed by atoms with E-state index in [0.717, 1.165) is 35.4 Å². The molecule has 1 atom stereocenters. The van der Waals surface area contributed by atoms with Gasteiger partial charge in [-0.25, -0.2) is 0 Å². The average molecular weight is 294 g/mol. The van der Waals surface area contributed by atoms with Crippen molar-refractivity contribution in [2.75, 3.05) is 13.1 Å². The number of rotatable bonds is 2. The fourth-order valence-corrected chi connectivity index (χ4v) is 2.47. The highest BCUT2D eigenvalue weighted by Gasteiger charge is 2.22. The molecule has 3 rings (SSSR count). The van der Waals surface area contributed by atoms with Crippen LogP contribution in [-0.2, 0) is 0 Å². The largest absolute Gasteiger partial charge is 0.334 e. The molecular weight excluding hydrogens is 282 g/mol.